The molecule has 43 heavy (non-hydrogen) atoms. The Morgan fingerprint density at radius 3 is 2.40 bits per heavy atom. The predicted octanol–water partition coefficient (Wildman–Crippen LogP) is 3.47. The van der Waals surface area contributed by atoms with Gasteiger partial charge in [-0.15, -0.1) is 0 Å². The molecular weight excluding hydrogens is 572 g/mol. The van der Waals surface area contributed by atoms with Crippen LogP contribution in [-0.4, -0.2) is 75.9 Å². The van der Waals surface area contributed by atoms with Gasteiger partial charge < -0.3 is 31.0 Å². The van der Waals surface area contributed by atoms with Crippen molar-refractivity contribution in [3.05, 3.63) is 60.2 Å². The summed E-state index contributed by atoms with van der Waals surface area (Å²) in [6, 6.07) is 14.6. The molecule has 1 aliphatic heterocycles. The summed E-state index contributed by atoms with van der Waals surface area (Å²) < 4.78 is 46.0. The molecular formula is C31H46N4O7S. The number of nitrogen functional groups attached to an aromatic ring is 1. The summed E-state index contributed by atoms with van der Waals surface area (Å²) in [6.45, 7) is 5.14. The van der Waals surface area contributed by atoms with Crippen LogP contribution >= 0.6 is 0 Å². The van der Waals surface area contributed by atoms with Gasteiger partial charge in [-0.1, -0.05) is 50.6 Å². The van der Waals surface area contributed by atoms with Gasteiger partial charge in [0, 0.05) is 25.1 Å². The first-order valence-corrected chi connectivity index (χ1v) is 16.4. The maximum Gasteiger partial charge on any atom is 0.407 e. The lowest BCUT2D eigenvalue weighted by Crippen LogP contribution is -2.53. The molecule has 2 aromatic rings. The number of unbranched alkanes of at least 4 members (excludes halogenated alkanes) is 2. The van der Waals surface area contributed by atoms with Crippen LogP contribution in [0.2, 0.25) is 0 Å². The number of hydrogen-bond acceptors (Lipinski definition) is 9. The Morgan fingerprint density at radius 2 is 1.77 bits per heavy atom. The summed E-state index contributed by atoms with van der Waals surface area (Å²) in [7, 11) is -4.01. The fraction of sp³-hybridized carbons (Fsp3) is 0.548. The monoisotopic (exact) mass is 618 g/mol. The van der Waals surface area contributed by atoms with Gasteiger partial charge >= 0.3 is 12.1 Å². The molecule has 1 heterocycles. The Kier molecular flexibility index (Phi) is 13.7. The zero-order valence-corrected chi connectivity index (χ0v) is 26.0. The minimum absolute atomic E-state index is 0.0379. The first-order valence-electron chi connectivity index (χ1n) is 14.9. The van der Waals surface area contributed by atoms with Gasteiger partial charge in [0.25, 0.3) is 0 Å². The van der Waals surface area contributed by atoms with Crippen LogP contribution in [0.15, 0.2) is 59.5 Å². The van der Waals surface area contributed by atoms with Crippen molar-refractivity contribution in [2.75, 3.05) is 38.6 Å². The molecule has 0 unspecified atom stereocenters. The van der Waals surface area contributed by atoms with Crippen molar-refractivity contribution in [1.82, 2.24) is 9.62 Å². The van der Waals surface area contributed by atoms with Crippen molar-refractivity contribution in [1.29, 1.82) is 0 Å². The Hall–Kier alpha value is -3.19. The van der Waals surface area contributed by atoms with E-state index in [2.05, 4.69) is 5.32 Å². The maximum absolute atomic E-state index is 13.9. The summed E-state index contributed by atoms with van der Waals surface area (Å²) in [5, 5.41) is 2.88. The van der Waals surface area contributed by atoms with Crippen molar-refractivity contribution in [2.45, 2.75) is 75.5 Å². The number of carbonyl (C=O) groups is 2. The van der Waals surface area contributed by atoms with E-state index in [1.165, 1.54) is 28.6 Å². The van der Waals surface area contributed by atoms with E-state index in [0.717, 1.165) is 18.4 Å². The molecule has 0 spiro atoms. The van der Waals surface area contributed by atoms with Gasteiger partial charge in [-0.05, 0) is 61.6 Å². The number of benzene rings is 2. The lowest BCUT2D eigenvalue weighted by molar-refractivity contribution is -0.151. The van der Waals surface area contributed by atoms with Crippen LogP contribution < -0.4 is 16.8 Å². The molecule has 0 bridgehead atoms. The third kappa shape index (κ3) is 11.4. The third-order valence-corrected chi connectivity index (χ3v) is 8.90. The lowest BCUT2D eigenvalue weighted by Gasteiger charge is -2.33. The first-order chi connectivity index (χ1) is 20.6. The Bertz CT molecular complexity index is 1240. The van der Waals surface area contributed by atoms with Gasteiger partial charge in [-0.2, -0.15) is 4.31 Å². The quantitative estimate of drug-likeness (QED) is 0.137. The van der Waals surface area contributed by atoms with Gasteiger partial charge in [-0.3, -0.25) is 4.79 Å². The van der Waals surface area contributed by atoms with Crippen molar-refractivity contribution in [3.8, 4) is 0 Å². The van der Waals surface area contributed by atoms with Crippen molar-refractivity contribution >= 4 is 27.8 Å². The molecule has 0 saturated carbocycles. The number of nitrogens with zero attached hydrogens (tertiary/aromatic N) is 1. The fourth-order valence-electron chi connectivity index (χ4n) is 4.82. The summed E-state index contributed by atoms with van der Waals surface area (Å²) >= 11 is 0. The number of esters is 1. The zero-order valence-electron chi connectivity index (χ0n) is 25.2. The Balaban J connectivity index is 1.94. The molecule has 0 radical (unpaired) electrons. The van der Waals surface area contributed by atoms with Crippen LogP contribution in [0.3, 0.4) is 0 Å². The number of sulfonamides is 1. The highest BCUT2D eigenvalue weighted by atomic mass is 32.2. The summed E-state index contributed by atoms with van der Waals surface area (Å²) in [5.41, 5.74) is 12.7. The molecule has 1 saturated heterocycles. The third-order valence-electron chi connectivity index (χ3n) is 7.05. The average molecular weight is 619 g/mol. The minimum atomic E-state index is -4.01. The number of anilines is 1. The predicted molar refractivity (Wildman–Crippen MR) is 165 cm³/mol. The van der Waals surface area contributed by atoms with Gasteiger partial charge in [-0.25, -0.2) is 13.2 Å². The SMILES string of the molecule is CC(C)CN(C[C@@H](OC(=O)CCCCCN)[C@H](Cc1ccccc1)NC(=O)O[C@H]1CCOC1)S(=O)(=O)c1ccc(N)cc1. The molecule has 0 aromatic heterocycles. The second-order valence-corrected chi connectivity index (χ2v) is 13.2. The Labute approximate surface area is 255 Å². The van der Waals surface area contributed by atoms with Gasteiger partial charge in [0.05, 0.1) is 30.7 Å². The molecule has 11 nitrogen and oxygen atoms in total. The number of nitrogens with two attached hydrogens (primary N) is 2. The second-order valence-electron chi connectivity index (χ2n) is 11.2. The average Bonchev–Trinajstić information content (AvgIpc) is 3.47. The molecule has 2 aromatic carbocycles. The standard InChI is InChI=1S/C31H46N4O7S/c1-23(2)20-35(43(38,39)27-14-12-25(33)13-15-27)21-29(42-30(36)11-7-4-8-17-32)28(19-24-9-5-3-6-10-24)34-31(37)41-26-16-18-40-22-26/h3,5-6,9-10,12-15,23,26,28-29H,4,7-8,11,16-22,32-33H2,1-2H3,(H,34,37)/t26-,28-,29+/m0/s1. The second kappa shape index (κ2) is 17.2. The lowest BCUT2D eigenvalue weighted by atomic mass is 10.0. The molecule has 1 amide bonds. The smallest absolute Gasteiger partial charge is 0.407 e. The molecule has 3 rings (SSSR count). The highest BCUT2D eigenvalue weighted by Gasteiger charge is 2.35. The number of hydrogen-bond donors (Lipinski definition) is 3. The zero-order chi connectivity index (χ0) is 31.2. The number of ether oxygens (including phenoxy) is 3. The molecule has 5 N–H and O–H groups in total. The summed E-state index contributed by atoms with van der Waals surface area (Å²) in [6.07, 6.45) is 1.06. The minimum Gasteiger partial charge on any atom is -0.459 e. The van der Waals surface area contributed by atoms with Crippen LogP contribution in [-0.2, 0) is 35.4 Å². The van der Waals surface area contributed by atoms with E-state index in [-0.39, 0.29) is 42.8 Å². The normalized spacial score (nSPS) is 16.6. The topological polar surface area (TPSA) is 163 Å². The molecule has 3 atom stereocenters. The van der Waals surface area contributed by atoms with E-state index in [1.54, 1.807) is 0 Å². The van der Waals surface area contributed by atoms with Crippen molar-refractivity contribution in [3.63, 3.8) is 0 Å². The van der Waals surface area contributed by atoms with Crippen LogP contribution in [0, 0.1) is 5.92 Å². The number of amides is 1. The van der Waals surface area contributed by atoms with E-state index in [9.17, 15) is 18.0 Å². The number of alkyl carbamates (subject to hydrolysis) is 1. The summed E-state index contributed by atoms with van der Waals surface area (Å²) in [5.74, 6) is -0.516. The largest absolute Gasteiger partial charge is 0.459 e. The number of nitrogens with one attached hydrogen (secondary N) is 1. The van der Waals surface area contributed by atoms with Crippen LogP contribution in [0.4, 0.5) is 10.5 Å². The van der Waals surface area contributed by atoms with Crippen molar-refractivity contribution in [2.24, 2.45) is 11.7 Å². The van der Waals surface area contributed by atoms with Crippen LogP contribution in [0.5, 0.6) is 0 Å². The highest BCUT2D eigenvalue weighted by Crippen LogP contribution is 2.22. The molecule has 1 aliphatic rings. The molecule has 1 fully saturated rings. The molecule has 0 aliphatic carbocycles. The fourth-order valence-corrected chi connectivity index (χ4v) is 6.43. The van der Waals surface area contributed by atoms with Crippen LogP contribution in [0.25, 0.3) is 0 Å². The van der Waals surface area contributed by atoms with E-state index in [4.69, 9.17) is 25.7 Å². The highest BCUT2D eigenvalue weighted by molar-refractivity contribution is 7.89. The van der Waals surface area contributed by atoms with E-state index in [1.807, 2.05) is 44.2 Å². The van der Waals surface area contributed by atoms with Crippen LogP contribution in [0.1, 0.15) is 51.5 Å². The van der Waals surface area contributed by atoms with Gasteiger partial charge in [0.15, 0.2) is 0 Å². The van der Waals surface area contributed by atoms with E-state index in [0.29, 0.717) is 38.3 Å². The first kappa shape index (κ1) is 34.3. The van der Waals surface area contributed by atoms with Gasteiger partial charge in [0.2, 0.25) is 10.0 Å². The van der Waals surface area contributed by atoms with E-state index < -0.39 is 34.2 Å². The Morgan fingerprint density at radius 1 is 1.05 bits per heavy atom. The van der Waals surface area contributed by atoms with Crippen molar-refractivity contribution < 1.29 is 32.2 Å². The van der Waals surface area contributed by atoms with Gasteiger partial charge in [0.1, 0.15) is 12.2 Å². The molecule has 238 valence electrons. The maximum atomic E-state index is 13.9. The summed E-state index contributed by atoms with van der Waals surface area (Å²) in [4.78, 5) is 26.2. The number of carbonyl (C=O) groups excluding carboxylic acids is 2. The molecule has 12 heteroatoms. The number of rotatable bonds is 17. The van der Waals surface area contributed by atoms with E-state index >= 15 is 0 Å².